The van der Waals surface area contributed by atoms with E-state index in [1.54, 1.807) is 14.2 Å². The average Bonchev–Trinajstić information content (AvgIpc) is 2.34. The Morgan fingerprint density at radius 1 is 1.31 bits per heavy atom. The van der Waals surface area contributed by atoms with Crippen molar-refractivity contribution in [2.75, 3.05) is 27.8 Å². The Hall–Kier alpha value is -1.55. The SMILES string of the molecule is CNCCC=Cc1ccc(OC)nc1OC. The van der Waals surface area contributed by atoms with Crippen molar-refractivity contribution in [1.29, 1.82) is 0 Å². The molecule has 0 atom stereocenters. The first-order valence-electron chi connectivity index (χ1n) is 5.22. The van der Waals surface area contributed by atoms with Gasteiger partial charge in [-0.1, -0.05) is 12.2 Å². The highest BCUT2D eigenvalue weighted by Gasteiger charge is 2.02. The normalized spacial score (nSPS) is 10.7. The van der Waals surface area contributed by atoms with Gasteiger partial charge in [-0.05, 0) is 26.1 Å². The molecule has 0 bridgehead atoms. The molecule has 4 heteroatoms. The van der Waals surface area contributed by atoms with Crippen molar-refractivity contribution in [3.63, 3.8) is 0 Å². The van der Waals surface area contributed by atoms with Crippen molar-refractivity contribution < 1.29 is 9.47 Å². The molecule has 1 aromatic heterocycles. The summed E-state index contributed by atoms with van der Waals surface area (Å²) in [6.45, 7) is 0.961. The molecule has 88 valence electrons. The second kappa shape index (κ2) is 6.85. The minimum Gasteiger partial charge on any atom is -0.481 e. The number of pyridine rings is 1. The predicted octanol–water partition coefficient (Wildman–Crippen LogP) is 1.72. The Morgan fingerprint density at radius 2 is 2.12 bits per heavy atom. The van der Waals surface area contributed by atoms with Crippen LogP contribution in [0.1, 0.15) is 12.0 Å². The van der Waals surface area contributed by atoms with Crippen LogP contribution in [0, 0.1) is 0 Å². The lowest BCUT2D eigenvalue weighted by molar-refractivity contribution is 0.364. The number of nitrogens with zero attached hydrogens (tertiary/aromatic N) is 1. The van der Waals surface area contributed by atoms with E-state index in [2.05, 4.69) is 16.4 Å². The van der Waals surface area contributed by atoms with Gasteiger partial charge in [-0.25, -0.2) is 0 Å². The van der Waals surface area contributed by atoms with Crippen molar-refractivity contribution in [3.8, 4) is 11.8 Å². The van der Waals surface area contributed by atoms with Crippen molar-refractivity contribution >= 4 is 6.08 Å². The fraction of sp³-hybridized carbons (Fsp3) is 0.417. The quantitative estimate of drug-likeness (QED) is 0.744. The first kappa shape index (κ1) is 12.5. The third kappa shape index (κ3) is 3.55. The summed E-state index contributed by atoms with van der Waals surface area (Å²) >= 11 is 0. The van der Waals surface area contributed by atoms with Crippen molar-refractivity contribution in [1.82, 2.24) is 10.3 Å². The molecule has 0 aliphatic carbocycles. The maximum Gasteiger partial charge on any atom is 0.223 e. The molecular weight excluding hydrogens is 204 g/mol. The number of rotatable bonds is 6. The zero-order valence-electron chi connectivity index (χ0n) is 9.99. The molecule has 1 rings (SSSR count). The molecule has 1 heterocycles. The monoisotopic (exact) mass is 222 g/mol. The molecule has 0 amide bonds. The summed E-state index contributed by atoms with van der Waals surface area (Å²) in [6.07, 6.45) is 5.07. The lowest BCUT2D eigenvalue weighted by Crippen LogP contribution is -2.05. The lowest BCUT2D eigenvalue weighted by atomic mass is 10.2. The molecule has 0 aromatic carbocycles. The van der Waals surface area contributed by atoms with Crippen molar-refractivity contribution in [2.24, 2.45) is 0 Å². The Labute approximate surface area is 96.3 Å². The first-order valence-corrected chi connectivity index (χ1v) is 5.22. The molecule has 0 saturated carbocycles. The van der Waals surface area contributed by atoms with E-state index in [9.17, 15) is 0 Å². The van der Waals surface area contributed by atoms with Gasteiger partial charge in [-0.3, -0.25) is 0 Å². The number of methoxy groups -OCH3 is 2. The molecule has 4 nitrogen and oxygen atoms in total. The van der Waals surface area contributed by atoms with Gasteiger partial charge in [0.2, 0.25) is 11.8 Å². The Bertz CT molecular complexity index is 351. The number of nitrogens with one attached hydrogen (secondary N) is 1. The van der Waals surface area contributed by atoms with Crippen LogP contribution in [-0.2, 0) is 0 Å². The summed E-state index contributed by atoms with van der Waals surface area (Å²) in [5.41, 5.74) is 0.958. The molecule has 0 radical (unpaired) electrons. The van der Waals surface area contributed by atoms with E-state index in [-0.39, 0.29) is 0 Å². The van der Waals surface area contributed by atoms with Crippen LogP contribution in [0.25, 0.3) is 6.08 Å². The Kier molecular flexibility index (Phi) is 5.36. The molecule has 0 aliphatic heterocycles. The number of aromatic nitrogens is 1. The molecule has 0 saturated heterocycles. The van der Waals surface area contributed by atoms with E-state index < -0.39 is 0 Å². The maximum atomic E-state index is 5.19. The lowest BCUT2D eigenvalue weighted by Gasteiger charge is -2.05. The summed E-state index contributed by atoms with van der Waals surface area (Å²) in [4.78, 5) is 4.20. The fourth-order valence-corrected chi connectivity index (χ4v) is 1.28. The van der Waals surface area contributed by atoms with Crippen LogP contribution in [0.15, 0.2) is 18.2 Å². The maximum absolute atomic E-state index is 5.19. The third-order valence-electron chi connectivity index (χ3n) is 2.13. The number of hydrogen-bond donors (Lipinski definition) is 1. The van der Waals surface area contributed by atoms with Crippen molar-refractivity contribution in [3.05, 3.63) is 23.8 Å². The zero-order valence-corrected chi connectivity index (χ0v) is 9.99. The van der Waals surface area contributed by atoms with Gasteiger partial charge in [0.05, 0.1) is 14.2 Å². The Morgan fingerprint density at radius 3 is 2.75 bits per heavy atom. The topological polar surface area (TPSA) is 43.4 Å². The summed E-state index contributed by atoms with van der Waals surface area (Å²) in [6, 6.07) is 3.75. The van der Waals surface area contributed by atoms with Gasteiger partial charge in [0.15, 0.2) is 0 Å². The number of ether oxygens (including phenoxy) is 2. The molecule has 0 spiro atoms. The second-order valence-corrected chi connectivity index (χ2v) is 3.25. The van der Waals surface area contributed by atoms with Gasteiger partial charge in [0.25, 0.3) is 0 Å². The van der Waals surface area contributed by atoms with Crippen LogP contribution < -0.4 is 14.8 Å². The summed E-state index contributed by atoms with van der Waals surface area (Å²) < 4.78 is 10.2. The van der Waals surface area contributed by atoms with Crippen LogP contribution in [0.2, 0.25) is 0 Å². The predicted molar refractivity (Wildman–Crippen MR) is 64.9 cm³/mol. The van der Waals surface area contributed by atoms with Gasteiger partial charge in [-0.2, -0.15) is 4.98 Å². The van der Waals surface area contributed by atoms with Gasteiger partial charge < -0.3 is 14.8 Å². The van der Waals surface area contributed by atoms with Gasteiger partial charge in [0.1, 0.15) is 0 Å². The fourth-order valence-electron chi connectivity index (χ4n) is 1.28. The zero-order chi connectivity index (χ0) is 11.8. The van der Waals surface area contributed by atoms with Crippen LogP contribution in [-0.4, -0.2) is 32.8 Å². The minimum absolute atomic E-state index is 0.559. The van der Waals surface area contributed by atoms with Crippen LogP contribution >= 0.6 is 0 Å². The van der Waals surface area contributed by atoms with Crippen LogP contribution in [0.5, 0.6) is 11.8 Å². The molecular formula is C12H18N2O2. The van der Waals surface area contributed by atoms with Crippen LogP contribution in [0.3, 0.4) is 0 Å². The van der Waals surface area contributed by atoms with E-state index in [0.29, 0.717) is 11.8 Å². The van der Waals surface area contributed by atoms with E-state index in [1.165, 1.54) is 0 Å². The minimum atomic E-state index is 0.559. The van der Waals surface area contributed by atoms with Crippen molar-refractivity contribution in [2.45, 2.75) is 6.42 Å². The molecule has 0 fully saturated rings. The second-order valence-electron chi connectivity index (χ2n) is 3.25. The van der Waals surface area contributed by atoms with E-state index in [1.807, 2.05) is 25.3 Å². The van der Waals surface area contributed by atoms with Gasteiger partial charge >= 0.3 is 0 Å². The van der Waals surface area contributed by atoms with Gasteiger partial charge in [-0.15, -0.1) is 0 Å². The smallest absolute Gasteiger partial charge is 0.223 e. The summed E-state index contributed by atoms with van der Waals surface area (Å²) in [7, 11) is 5.13. The van der Waals surface area contributed by atoms with E-state index in [4.69, 9.17) is 9.47 Å². The summed E-state index contributed by atoms with van der Waals surface area (Å²) in [5, 5.41) is 3.08. The molecule has 1 N–H and O–H groups in total. The van der Waals surface area contributed by atoms with E-state index in [0.717, 1.165) is 18.5 Å². The molecule has 0 aliphatic rings. The molecule has 16 heavy (non-hydrogen) atoms. The van der Waals surface area contributed by atoms with Crippen LogP contribution in [0.4, 0.5) is 0 Å². The standard InChI is InChI=1S/C12H18N2O2/c1-13-9-5-4-6-10-7-8-11(15-2)14-12(10)16-3/h4,6-8,13H,5,9H2,1-3H3. The van der Waals surface area contributed by atoms with E-state index >= 15 is 0 Å². The Balaban J connectivity index is 2.75. The number of hydrogen-bond acceptors (Lipinski definition) is 4. The summed E-state index contributed by atoms with van der Waals surface area (Å²) in [5.74, 6) is 1.14. The molecule has 0 unspecified atom stereocenters. The third-order valence-corrected chi connectivity index (χ3v) is 2.13. The molecule has 1 aromatic rings. The largest absolute Gasteiger partial charge is 0.481 e. The first-order chi connectivity index (χ1) is 7.81. The highest BCUT2D eigenvalue weighted by molar-refractivity contribution is 5.55. The highest BCUT2D eigenvalue weighted by atomic mass is 16.5. The average molecular weight is 222 g/mol. The van der Waals surface area contributed by atoms with Gasteiger partial charge in [0, 0.05) is 11.6 Å². The highest BCUT2D eigenvalue weighted by Crippen LogP contribution is 2.20.